The van der Waals surface area contributed by atoms with Gasteiger partial charge in [-0.3, -0.25) is 9.59 Å². The summed E-state index contributed by atoms with van der Waals surface area (Å²) >= 11 is 0. The van der Waals surface area contributed by atoms with E-state index in [4.69, 9.17) is 4.74 Å². The van der Waals surface area contributed by atoms with Gasteiger partial charge in [0.1, 0.15) is 5.75 Å². The maximum absolute atomic E-state index is 12.5. The van der Waals surface area contributed by atoms with Crippen LogP contribution in [-0.2, 0) is 4.79 Å². The van der Waals surface area contributed by atoms with Crippen LogP contribution in [0.1, 0.15) is 55.1 Å². The summed E-state index contributed by atoms with van der Waals surface area (Å²) in [6.07, 6.45) is 3.78. The quantitative estimate of drug-likeness (QED) is 0.607. The third-order valence-corrected chi connectivity index (χ3v) is 3.76. The lowest BCUT2D eigenvalue weighted by Crippen LogP contribution is -2.25. The van der Waals surface area contributed by atoms with Crippen molar-refractivity contribution in [1.29, 1.82) is 0 Å². The average molecular weight is 286 g/mol. The number of benzene rings is 1. The predicted octanol–water partition coefficient (Wildman–Crippen LogP) is 3.98. The average Bonchev–Trinajstić information content (AvgIpc) is 2.44. The van der Waals surface area contributed by atoms with Crippen LogP contribution >= 0.6 is 0 Å². The number of ether oxygens (including phenoxy) is 1. The maximum atomic E-state index is 12.5. The first-order valence-corrected chi connectivity index (χ1v) is 7.54. The van der Waals surface area contributed by atoms with Crippen LogP contribution < -0.4 is 4.74 Å². The fourth-order valence-electron chi connectivity index (χ4n) is 2.47. The summed E-state index contributed by atoms with van der Waals surface area (Å²) in [5.41, 5.74) is 2.70. The number of Topliss-reactive ketones (excluding diaryl/α,β-unsaturated/α-hetero) is 2. The van der Waals surface area contributed by atoms with Crippen molar-refractivity contribution in [2.24, 2.45) is 5.92 Å². The van der Waals surface area contributed by atoms with Gasteiger partial charge in [0.25, 0.3) is 0 Å². The molecule has 1 aromatic carbocycles. The van der Waals surface area contributed by atoms with Gasteiger partial charge in [0.2, 0.25) is 11.6 Å². The molecule has 1 aliphatic rings. The Balaban J connectivity index is 2.51. The third kappa shape index (κ3) is 2.92. The van der Waals surface area contributed by atoms with Gasteiger partial charge in [-0.2, -0.15) is 0 Å². The number of hydrogen-bond acceptors (Lipinski definition) is 3. The SMILES string of the molecule is CCCCOc1c(C)ccc2c1C(=O)C(=O)C(C(C)C)=C2. The minimum Gasteiger partial charge on any atom is -0.493 e. The molecule has 2 rings (SSSR count). The number of rotatable bonds is 5. The highest BCUT2D eigenvalue weighted by atomic mass is 16.5. The van der Waals surface area contributed by atoms with Gasteiger partial charge in [-0.25, -0.2) is 0 Å². The normalized spacial score (nSPS) is 14.2. The summed E-state index contributed by atoms with van der Waals surface area (Å²) in [6.45, 7) is 8.41. The van der Waals surface area contributed by atoms with Crippen molar-refractivity contribution in [1.82, 2.24) is 0 Å². The van der Waals surface area contributed by atoms with E-state index in [9.17, 15) is 9.59 Å². The second-order valence-corrected chi connectivity index (χ2v) is 5.79. The van der Waals surface area contributed by atoms with Gasteiger partial charge < -0.3 is 4.74 Å². The van der Waals surface area contributed by atoms with Crippen molar-refractivity contribution in [3.05, 3.63) is 34.4 Å². The van der Waals surface area contributed by atoms with Gasteiger partial charge >= 0.3 is 0 Å². The number of carbonyl (C=O) groups excluding carboxylic acids is 2. The van der Waals surface area contributed by atoms with Crippen molar-refractivity contribution in [3.63, 3.8) is 0 Å². The number of allylic oxidation sites excluding steroid dienone is 1. The number of fused-ring (bicyclic) bond motifs is 1. The molecule has 0 atom stereocenters. The monoisotopic (exact) mass is 286 g/mol. The van der Waals surface area contributed by atoms with Crippen molar-refractivity contribution in [3.8, 4) is 5.75 Å². The number of ketones is 2. The number of carbonyl (C=O) groups is 2. The Labute approximate surface area is 126 Å². The zero-order valence-corrected chi connectivity index (χ0v) is 13.2. The summed E-state index contributed by atoms with van der Waals surface area (Å²) in [5, 5.41) is 0. The molecule has 0 amide bonds. The van der Waals surface area contributed by atoms with Crippen LogP contribution in [0, 0.1) is 12.8 Å². The van der Waals surface area contributed by atoms with E-state index >= 15 is 0 Å². The Morgan fingerprint density at radius 3 is 2.48 bits per heavy atom. The lowest BCUT2D eigenvalue weighted by atomic mass is 9.84. The van der Waals surface area contributed by atoms with Gasteiger partial charge in [0.15, 0.2) is 0 Å². The molecule has 1 aromatic rings. The van der Waals surface area contributed by atoms with E-state index in [0.717, 1.165) is 24.0 Å². The van der Waals surface area contributed by atoms with Crippen LogP contribution in [0.2, 0.25) is 0 Å². The molecule has 0 bridgehead atoms. The summed E-state index contributed by atoms with van der Waals surface area (Å²) < 4.78 is 5.79. The molecule has 112 valence electrons. The number of aryl methyl sites for hydroxylation is 1. The summed E-state index contributed by atoms with van der Waals surface area (Å²) in [6, 6.07) is 3.84. The molecule has 0 fully saturated rings. The summed E-state index contributed by atoms with van der Waals surface area (Å²) in [5.74, 6) is -0.228. The van der Waals surface area contributed by atoms with E-state index in [0.29, 0.717) is 23.5 Å². The molecule has 0 aromatic heterocycles. The van der Waals surface area contributed by atoms with E-state index in [1.165, 1.54) is 0 Å². The second-order valence-electron chi connectivity index (χ2n) is 5.79. The highest BCUT2D eigenvalue weighted by molar-refractivity contribution is 6.52. The molecule has 3 heteroatoms. The highest BCUT2D eigenvalue weighted by Crippen LogP contribution is 2.34. The first kappa shape index (κ1) is 15.5. The Bertz CT molecular complexity index is 609. The Morgan fingerprint density at radius 2 is 1.86 bits per heavy atom. The molecule has 3 nitrogen and oxygen atoms in total. The standard InChI is InChI=1S/C18H22O3/c1-5-6-9-21-18-12(4)7-8-13-10-14(11(2)3)16(19)17(20)15(13)18/h7-8,10-11H,5-6,9H2,1-4H3. The van der Waals surface area contributed by atoms with Gasteiger partial charge in [-0.05, 0) is 36.5 Å². The molecule has 0 saturated heterocycles. The molecule has 0 heterocycles. The zero-order valence-electron chi connectivity index (χ0n) is 13.2. The summed E-state index contributed by atoms with van der Waals surface area (Å²) in [4.78, 5) is 24.7. The lowest BCUT2D eigenvalue weighted by molar-refractivity contribution is -0.112. The highest BCUT2D eigenvalue weighted by Gasteiger charge is 2.32. The molecule has 1 aliphatic carbocycles. The predicted molar refractivity (Wildman–Crippen MR) is 83.7 cm³/mol. The molecule has 0 saturated carbocycles. The largest absolute Gasteiger partial charge is 0.493 e. The van der Waals surface area contributed by atoms with Crippen molar-refractivity contribution in [2.45, 2.75) is 40.5 Å². The van der Waals surface area contributed by atoms with Crippen molar-refractivity contribution >= 4 is 17.6 Å². The van der Waals surface area contributed by atoms with Gasteiger partial charge in [-0.1, -0.05) is 39.3 Å². The van der Waals surface area contributed by atoms with Crippen LogP contribution in [0.4, 0.5) is 0 Å². The van der Waals surface area contributed by atoms with Crippen LogP contribution in [0.3, 0.4) is 0 Å². The van der Waals surface area contributed by atoms with Gasteiger partial charge in [-0.15, -0.1) is 0 Å². The molecule has 0 spiro atoms. The first-order valence-electron chi connectivity index (χ1n) is 7.54. The zero-order chi connectivity index (χ0) is 15.6. The van der Waals surface area contributed by atoms with Crippen molar-refractivity contribution in [2.75, 3.05) is 6.61 Å². The Morgan fingerprint density at radius 1 is 1.14 bits per heavy atom. The van der Waals surface area contributed by atoms with Crippen LogP contribution in [0.25, 0.3) is 6.08 Å². The van der Waals surface area contributed by atoms with E-state index in [-0.39, 0.29) is 5.92 Å². The van der Waals surface area contributed by atoms with E-state index in [1.54, 1.807) is 0 Å². The van der Waals surface area contributed by atoms with Crippen LogP contribution in [-0.4, -0.2) is 18.2 Å². The fraction of sp³-hybridized carbons (Fsp3) is 0.444. The molecule has 21 heavy (non-hydrogen) atoms. The lowest BCUT2D eigenvalue weighted by Gasteiger charge is -2.21. The smallest absolute Gasteiger partial charge is 0.237 e. The Kier molecular flexibility index (Phi) is 4.61. The van der Waals surface area contributed by atoms with E-state index in [2.05, 4.69) is 6.92 Å². The molecular formula is C18H22O3. The van der Waals surface area contributed by atoms with Gasteiger partial charge in [0, 0.05) is 5.57 Å². The van der Waals surface area contributed by atoms with Gasteiger partial charge in [0.05, 0.1) is 12.2 Å². The number of unbranched alkanes of at least 4 members (excludes halogenated alkanes) is 1. The molecule has 0 N–H and O–H groups in total. The molecule has 0 unspecified atom stereocenters. The van der Waals surface area contributed by atoms with E-state index in [1.807, 2.05) is 39.0 Å². The molecular weight excluding hydrogens is 264 g/mol. The van der Waals surface area contributed by atoms with E-state index < -0.39 is 11.6 Å². The molecule has 0 radical (unpaired) electrons. The Hall–Kier alpha value is -1.90. The third-order valence-electron chi connectivity index (χ3n) is 3.76. The minimum atomic E-state index is -0.439. The van der Waals surface area contributed by atoms with Crippen molar-refractivity contribution < 1.29 is 14.3 Å². The molecule has 0 aliphatic heterocycles. The summed E-state index contributed by atoms with van der Waals surface area (Å²) in [7, 11) is 0. The topological polar surface area (TPSA) is 43.4 Å². The minimum absolute atomic E-state index is 0.0420. The van der Waals surface area contributed by atoms with Crippen LogP contribution in [0.15, 0.2) is 17.7 Å². The second kappa shape index (κ2) is 6.25. The fourth-order valence-corrected chi connectivity index (χ4v) is 2.47. The first-order chi connectivity index (χ1) is 9.97. The van der Waals surface area contributed by atoms with Crippen LogP contribution in [0.5, 0.6) is 5.75 Å². The maximum Gasteiger partial charge on any atom is 0.237 e. The number of hydrogen-bond donors (Lipinski definition) is 0.